The molecular formula is C14H16F4N2O. The van der Waals surface area contributed by atoms with Crippen molar-refractivity contribution < 1.29 is 22.4 Å². The van der Waals surface area contributed by atoms with Crippen LogP contribution >= 0.6 is 0 Å². The van der Waals surface area contributed by atoms with E-state index in [0.29, 0.717) is 12.8 Å². The van der Waals surface area contributed by atoms with Gasteiger partial charge in [-0.1, -0.05) is 12.8 Å². The number of hydrogen-bond donors (Lipinski definition) is 2. The molecule has 0 radical (unpaired) electrons. The van der Waals surface area contributed by atoms with E-state index in [1.807, 2.05) is 0 Å². The lowest BCUT2D eigenvalue weighted by Crippen LogP contribution is -2.47. The topological polar surface area (TPSA) is 55.1 Å². The van der Waals surface area contributed by atoms with Crippen LogP contribution < -0.4 is 11.1 Å². The fourth-order valence-electron chi connectivity index (χ4n) is 2.66. The summed E-state index contributed by atoms with van der Waals surface area (Å²) in [4.78, 5) is 12.0. The standard InChI is InChI=1S/C14H16F4N2O/c15-11-7-8(19)5-6-9(11)13(21)20-12-4-2-1-3-10(12)14(16,17)18/h5-7,10,12H,1-4,19H2,(H,20,21). The fraction of sp³-hybridized carbons (Fsp3) is 0.500. The van der Waals surface area contributed by atoms with Crippen LogP contribution in [0.2, 0.25) is 0 Å². The molecule has 0 saturated heterocycles. The van der Waals surface area contributed by atoms with Gasteiger partial charge in [0, 0.05) is 11.7 Å². The molecule has 1 aliphatic rings. The molecule has 116 valence electrons. The van der Waals surface area contributed by atoms with Crippen LogP contribution in [0.4, 0.5) is 23.2 Å². The molecule has 21 heavy (non-hydrogen) atoms. The van der Waals surface area contributed by atoms with Gasteiger partial charge in [-0.15, -0.1) is 0 Å². The summed E-state index contributed by atoms with van der Waals surface area (Å²) in [5, 5.41) is 2.31. The van der Waals surface area contributed by atoms with Crippen molar-refractivity contribution in [3.05, 3.63) is 29.6 Å². The molecule has 1 fully saturated rings. The molecule has 0 spiro atoms. The third kappa shape index (κ3) is 3.65. The van der Waals surface area contributed by atoms with Gasteiger partial charge >= 0.3 is 6.18 Å². The van der Waals surface area contributed by atoms with Gasteiger partial charge in [0.2, 0.25) is 0 Å². The largest absolute Gasteiger partial charge is 0.399 e. The molecule has 0 bridgehead atoms. The first kappa shape index (κ1) is 15.6. The summed E-state index contributed by atoms with van der Waals surface area (Å²) < 4.78 is 52.4. The predicted octanol–water partition coefficient (Wildman–Crippen LogP) is 3.26. The minimum atomic E-state index is -4.36. The average Bonchev–Trinajstić information content (AvgIpc) is 2.37. The summed E-state index contributed by atoms with van der Waals surface area (Å²) in [5.41, 5.74) is 5.22. The second-order valence-corrected chi connectivity index (χ2v) is 5.25. The number of carbonyl (C=O) groups is 1. The summed E-state index contributed by atoms with van der Waals surface area (Å²) in [6, 6.07) is 2.46. The van der Waals surface area contributed by atoms with Gasteiger partial charge in [-0.3, -0.25) is 4.79 Å². The van der Waals surface area contributed by atoms with Gasteiger partial charge in [0.1, 0.15) is 5.82 Å². The number of nitrogens with one attached hydrogen (secondary N) is 1. The number of rotatable bonds is 2. The van der Waals surface area contributed by atoms with Gasteiger partial charge in [-0.2, -0.15) is 13.2 Å². The fourth-order valence-corrected chi connectivity index (χ4v) is 2.66. The summed E-state index contributed by atoms with van der Waals surface area (Å²) in [6.45, 7) is 0. The zero-order valence-corrected chi connectivity index (χ0v) is 11.2. The smallest absolute Gasteiger partial charge is 0.393 e. The number of carbonyl (C=O) groups excluding carboxylic acids is 1. The Morgan fingerprint density at radius 1 is 1.24 bits per heavy atom. The van der Waals surface area contributed by atoms with Crippen LogP contribution in [-0.4, -0.2) is 18.1 Å². The molecule has 0 heterocycles. The van der Waals surface area contributed by atoms with Crippen molar-refractivity contribution in [2.75, 3.05) is 5.73 Å². The highest BCUT2D eigenvalue weighted by Gasteiger charge is 2.46. The van der Waals surface area contributed by atoms with E-state index < -0.39 is 29.9 Å². The highest BCUT2D eigenvalue weighted by Crippen LogP contribution is 2.37. The van der Waals surface area contributed by atoms with Crippen LogP contribution in [0.5, 0.6) is 0 Å². The number of nitrogen functional groups attached to an aromatic ring is 1. The molecule has 1 aliphatic carbocycles. The minimum absolute atomic E-state index is 0.0152. The van der Waals surface area contributed by atoms with Crippen LogP contribution in [0.15, 0.2) is 18.2 Å². The third-order valence-electron chi connectivity index (χ3n) is 3.74. The van der Waals surface area contributed by atoms with Crippen molar-refractivity contribution in [1.82, 2.24) is 5.32 Å². The maximum Gasteiger partial charge on any atom is 0.393 e. The van der Waals surface area contributed by atoms with Crippen molar-refractivity contribution >= 4 is 11.6 Å². The van der Waals surface area contributed by atoms with E-state index in [2.05, 4.69) is 5.32 Å². The van der Waals surface area contributed by atoms with Gasteiger partial charge in [0.25, 0.3) is 5.91 Å². The first-order valence-electron chi connectivity index (χ1n) is 6.71. The molecule has 7 heteroatoms. The zero-order valence-electron chi connectivity index (χ0n) is 11.2. The molecule has 2 rings (SSSR count). The second kappa shape index (κ2) is 5.91. The Kier molecular flexibility index (Phi) is 4.39. The number of nitrogens with two attached hydrogens (primary N) is 1. The Morgan fingerprint density at radius 3 is 2.52 bits per heavy atom. The van der Waals surface area contributed by atoms with Crippen LogP contribution in [0.3, 0.4) is 0 Å². The van der Waals surface area contributed by atoms with Crippen molar-refractivity contribution in [2.45, 2.75) is 37.9 Å². The van der Waals surface area contributed by atoms with E-state index in [0.717, 1.165) is 6.07 Å². The third-order valence-corrected chi connectivity index (χ3v) is 3.74. The van der Waals surface area contributed by atoms with Crippen LogP contribution in [-0.2, 0) is 0 Å². The number of amides is 1. The molecule has 0 aliphatic heterocycles. The molecule has 1 aromatic rings. The van der Waals surface area contributed by atoms with Gasteiger partial charge in [-0.25, -0.2) is 4.39 Å². The van der Waals surface area contributed by atoms with Crippen molar-refractivity contribution in [3.63, 3.8) is 0 Å². The Morgan fingerprint density at radius 2 is 1.90 bits per heavy atom. The summed E-state index contributed by atoms with van der Waals surface area (Å²) in [5.74, 6) is -3.26. The Hall–Kier alpha value is -1.79. The maximum absolute atomic E-state index is 13.6. The number of hydrogen-bond acceptors (Lipinski definition) is 2. The van der Waals surface area contributed by atoms with Crippen LogP contribution in [0.25, 0.3) is 0 Å². The van der Waals surface area contributed by atoms with E-state index >= 15 is 0 Å². The van der Waals surface area contributed by atoms with Gasteiger partial charge in [0.05, 0.1) is 11.5 Å². The first-order chi connectivity index (χ1) is 9.79. The average molecular weight is 304 g/mol. The Labute approximate surface area is 119 Å². The molecule has 0 aromatic heterocycles. The maximum atomic E-state index is 13.6. The van der Waals surface area contributed by atoms with E-state index in [4.69, 9.17) is 5.73 Å². The molecule has 2 atom stereocenters. The summed E-state index contributed by atoms with van der Waals surface area (Å²) in [7, 11) is 0. The predicted molar refractivity (Wildman–Crippen MR) is 70.1 cm³/mol. The van der Waals surface area contributed by atoms with Crippen LogP contribution in [0.1, 0.15) is 36.0 Å². The lowest BCUT2D eigenvalue weighted by atomic mass is 9.84. The number of alkyl halides is 3. The lowest BCUT2D eigenvalue weighted by molar-refractivity contribution is -0.187. The summed E-state index contributed by atoms with van der Waals surface area (Å²) >= 11 is 0. The molecule has 1 aromatic carbocycles. The van der Waals surface area contributed by atoms with E-state index in [1.165, 1.54) is 12.1 Å². The van der Waals surface area contributed by atoms with Gasteiger partial charge in [0.15, 0.2) is 0 Å². The van der Waals surface area contributed by atoms with Crippen molar-refractivity contribution in [2.24, 2.45) is 5.92 Å². The normalized spacial score (nSPS) is 22.9. The van der Waals surface area contributed by atoms with Gasteiger partial charge < -0.3 is 11.1 Å². The van der Waals surface area contributed by atoms with Crippen molar-refractivity contribution in [1.29, 1.82) is 0 Å². The van der Waals surface area contributed by atoms with Crippen LogP contribution in [0, 0.1) is 11.7 Å². The van der Waals surface area contributed by atoms with Crippen molar-refractivity contribution in [3.8, 4) is 0 Å². The molecule has 3 N–H and O–H groups in total. The summed E-state index contributed by atoms with van der Waals surface area (Å²) in [6.07, 6.45) is -3.04. The highest BCUT2D eigenvalue weighted by molar-refractivity contribution is 5.95. The Bertz CT molecular complexity index is 530. The lowest BCUT2D eigenvalue weighted by Gasteiger charge is -2.33. The Balaban J connectivity index is 2.13. The second-order valence-electron chi connectivity index (χ2n) is 5.25. The molecular weight excluding hydrogens is 288 g/mol. The molecule has 1 saturated carbocycles. The highest BCUT2D eigenvalue weighted by atomic mass is 19.4. The van der Waals surface area contributed by atoms with E-state index in [9.17, 15) is 22.4 Å². The number of benzene rings is 1. The number of halogens is 4. The molecule has 1 amide bonds. The minimum Gasteiger partial charge on any atom is -0.399 e. The zero-order chi connectivity index (χ0) is 15.6. The SMILES string of the molecule is Nc1ccc(C(=O)NC2CCCCC2C(F)(F)F)c(F)c1. The monoisotopic (exact) mass is 304 g/mol. The quantitative estimate of drug-likeness (QED) is 0.651. The number of anilines is 1. The molecule has 3 nitrogen and oxygen atoms in total. The molecule has 2 unspecified atom stereocenters. The van der Waals surface area contributed by atoms with Gasteiger partial charge in [-0.05, 0) is 31.0 Å². The van der Waals surface area contributed by atoms with E-state index in [-0.39, 0.29) is 24.1 Å². The van der Waals surface area contributed by atoms with E-state index in [1.54, 1.807) is 0 Å². The first-order valence-corrected chi connectivity index (χ1v) is 6.71.